The monoisotopic (exact) mass is 423 g/mol. The summed E-state index contributed by atoms with van der Waals surface area (Å²) >= 11 is 3.34. The molecule has 0 saturated heterocycles. The highest BCUT2D eigenvalue weighted by Crippen LogP contribution is 2.36. The van der Waals surface area contributed by atoms with E-state index in [1.165, 1.54) is 0 Å². The summed E-state index contributed by atoms with van der Waals surface area (Å²) in [5.74, 6) is -0.425. The Morgan fingerprint density at radius 1 is 1.15 bits per heavy atom. The minimum absolute atomic E-state index is 0.00386. The molecule has 2 N–H and O–H groups in total. The summed E-state index contributed by atoms with van der Waals surface area (Å²) in [7, 11) is 0. The van der Waals surface area contributed by atoms with Crippen LogP contribution in [0.4, 0.5) is 5.69 Å². The lowest BCUT2D eigenvalue weighted by Gasteiger charge is -2.11. The zero-order valence-electron chi connectivity index (χ0n) is 14.2. The molecule has 7 heteroatoms. The van der Waals surface area contributed by atoms with Crippen LogP contribution in [0.15, 0.2) is 67.6 Å². The van der Waals surface area contributed by atoms with Crippen LogP contribution in [0, 0.1) is 0 Å². The quantitative estimate of drug-likeness (QED) is 0.659. The molecule has 0 amide bonds. The van der Waals surface area contributed by atoms with Gasteiger partial charge in [0.2, 0.25) is 5.88 Å². The molecule has 27 heavy (non-hydrogen) atoms. The van der Waals surface area contributed by atoms with Gasteiger partial charge in [-0.3, -0.25) is 14.8 Å². The minimum Gasteiger partial charge on any atom is -0.494 e. The van der Waals surface area contributed by atoms with Crippen molar-refractivity contribution in [1.82, 2.24) is 9.55 Å². The summed E-state index contributed by atoms with van der Waals surface area (Å²) in [5, 5.41) is 10.7. The van der Waals surface area contributed by atoms with Gasteiger partial charge in [0.25, 0.3) is 5.56 Å². The van der Waals surface area contributed by atoms with Crippen LogP contribution in [0.25, 0.3) is 17.3 Å². The van der Waals surface area contributed by atoms with Crippen molar-refractivity contribution in [3.63, 3.8) is 0 Å². The summed E-state index contributed by atoms with van der Waals surface area (Å²) in [5.41, 5.74) is 2.19. The molecule has 0 atom stereocenters. The fourth-order valence-electron chi connectivity index (χ4n) is 3.08. The van der Waals surface area contributed by atoms with Gasteiger partial charge in [-0.2, -0.15) is 0 Å². The summed E-state index contributed by atoms with van der Waals surface area (Å²) < 4.78 is 1.80. The van der Waals surface area contributed by atoms with Crippen molar-refractivity contribution in [2.24, 2.45) is 4.99 Å². The van der Waals surface area contributed by atoms with Crippen LogP contribution < -0.4 is 11.2 Å². The maximum atomic E-state index is 12.4. The smallest absolute Gasteiger partial charge is 0.335 e. The van der Waals surface area contributed by atoms with E-state index in [4.69, 9.17) is 0 Å². The number of rotatable bonds is 2. The van der Waals surface area contributed by atoms with Crippen molar-refractivity contribution >= 4 is 39.0 Å². The number of benzene rings is 2. The Bertz CT molecular complexity index is 1250. The molecule has 0 saturated carbocycles. The third-order valence-electron chi connectivity index (χ3n) is 4.35. The fraction of sp³-hybridized carbons (Fsp3) is 0.0500. The highest BCUT2D eigenvalue weighted by molar-refractivity contribution is 9.10. The standard InChI is InChI=1S/C20H14BrN3O3/c1-11-15(14-7-2-3-8-17(14)22-11)10-16-18(25)23-20(27)24(19(16)26)13-6-4-5-12(21)9-13/h2-10,26H,1H3,(H,23,25,27). The van der Waals surface area contributed by atoms with Crippen molar-refractivity contribution in [1.29, 1.82) is 0 Å². The van der Waals surface area contributed by atoms with E-state index in [1.807, 2.05) is 31.2 Å². The van der Waals surface area contributed by atoms with E-state index >= 15 is 0 Å². The number of aromatic amines is 1. The molecule has 0 fully saturated rings. The van der Waals surface area contributed by atoms with Crippen LogP contribution in [-0.4, -0.2) is 20.4 Å². The first-order chi connectivity index (χ1) is 13.0. The topological polar surface area (TPSA) is 87.4 Å². The van der Waals surface area contributed by atoms with Crippen molar-refractivity contribution < 1.29 is 5.11 Å². The molecular formula is C20H14BrN3O3. The Morgan fingerprint density at radius 2 is 1.93 bits per heavy atom. The number of hydrogen-bond acceptors (Lipinski definition) is 4. The van der Waals surface area contributed by atoms with E-state index in [2.05, 4.69) is 25.9 Å². The number of fused-ring (bicyclic) bond motifs is 1. The zero-order chi connectivity index (χ0) is 19.1. The van der Waals surface area contributed by atoms with E-state index in [0.717, 1.165) is 31.6 Å². The van der Waals surface area contributed by atoms with E-state index in [9.17, 15) is 14.7 Å². The molecule has 2 heterocycles. The molecule has 3 aromatic rings. The highest BCUT2D eigenvalue weighted by Gasteiger charge is 2.20. The van der Waals surface area contributed by atoms with Gasteiger partial charge in [-0.05, 0) is 37.3 Å². The van der Waals surface area contributed by atoms with Gasteiger partial charge in [0, 0.05) is 21.3 Å². The fourth-order valence-corrected chi connectivity index (χ4v) is 3.47. The number of H-pyrrole nitrogens is 1. The van der Waals surface area contributed by atoms with E-state index in [1.54, 1.807) is 30.3 Å². The molecule has 1 aliphatic rings. The summed E-state index contributed by atoms with van der Waals surface area (Å²) in [6.07, 6.45) is 1.56. The molecular weight excluding hydrogens is 410 g/mol. The van der Waals surface area contributed by atoms with Crippen LogP contribution in [0.2, 0.25) is 0 Å². The minimum atomic E-state index is -0.713. The van der Waals surface area contributed by atoms with E-state index in [0.29, 0.717) is 5.69 Å². The highest BCUT2D eigenvalue weighted by atomic mass is 79.9. The van der Waals surface area contributed by atoms with Crippen molar-refractivity contribution in [3.8, 4) is 11.6 Å². The first-order valence-electron chi connectivity index (χ1n) is 8.16. The molecule has 134 valence electrons. The molecule has 0 unspecified atom stereocenters. The predicted molar refractivity (Wildman–Crippen MR) is 109 cm³/mol. The number of halogens is 1. The normalized spacial score (nSPS) is 14.3. The Kier molecular flexibility index (Phi) is 4.16. The average molecular weight is 424 g/mol. The van der Waals surface area contributed by atoms with Crippen LogP contribution in [0.5, 0.6) is 5.88 Å². The number of para-hydroxylation sites is 1. The van der Waals surface area contributed by atoms with Gasteiger partial charge in [0.1, 0.15) is 5.56 Å². The lowest BCUT2D eigenvalue weighted by Crippen LogP contribution is -2.30. The van der Waals surface area contributed by atoms with Gasteiger partial charge in [-0.25, -0.2) is 9.36 Å². The molecule has 1 aliphatic heterocycles. The lowest BCUT2D eigenvalue weighted by molar-refractivity contribution is 0.429. The van der Waals surface area contributed by atoms with Gasteiger partial charge in [0.05, 0.1) is 11.4 Å². The summed E-state index contributed by atoms with van der Waals surface area (Å²) in [6.45, 7) is 1.83. The second-order valence-electron chi connectivity index (χ2n) is 6.08. The van der Waals surface area contributed by atoms with E-state index in [-0.39, 0.29) is 5.56 Å². The zero-order valence-corrected chi connectivity index (χ0v) is 15.8. The first kappa shape index (κ1) is 17.2. The number of hydrogen-bond donors (Lipinski definition) is 2. The van der Waals surface area contributed by atoms with Gasteiger partial charge >= 0.3 is 5.69 Å². The molecule has 0 radical (unpaired) electrons. The molecule has 6 nitrogen and oxygen atoms in total. The predicted octanol–water partition coefficient (Wildman–Crippen LogP) is 3.64. The summed E-state index contributed by atoms with van der Waals surface area (Å²) in [6, 6.07) is 14.4. The molecule has 1 aromatic heterocycles. The number of nitrogens with zero attached hydrogens (tertiary/aromatic N) is 2. The number of aliphatic imine (C=N–C) groups is 1. The molecule has 0 spiro atoms. The van der Waals surface area contributed by atoms with Crippen LogP contribution in [0.1, 0.15) is 18.1 Å². The SMILES string of the molecule is CC1=Nc2ccccc2C1=Cc1c(O)n(-c2cccc(Br)c2)c(=O)[nH]c1=O. The summed E-state index contributed by atoms with van der Waals surface area (Å²) in [4.78, 5) is 31.5. The number of allylic oxidation sites excluding steroid dienone is 1. The van der Waals surface area contributed by atoms with Crippen molar-refractivity contribution in [2.45, 2.75) is 6.92 Å². The van der Waals surface area contributed by atoms with Gasteiger partial charge in [-0.1, -0.05) is 40.2 Å². The van der Waals surface area contributed by atoms with Crippen LogP contribution >= 0.6 is 15.9 Å². The molecule has 0 aliphatic carbocycles. The van der Waals surface area contributed by atoms with Crippen LogP contribution in [-0.2, 0) is 0 Å². The maximum Gasteiger partial charge on any atom is 0.335 e. The Labute approximate surface area is 162 Å². The van der Waals surface area contributed by atoms with Crippen molar-refractivity contribution in [2.75, 3.05) is 0 Å². The molecule has 4 rings (SSSR count). The number of aromatic nitrogens is 2. The maximum absolute atomic E-state index is 12.4. The lowest BCUT2D eigenvalue weighted by atomic mass is 10.0. The van der Waals surface area contributed by atoms with Gasteiger partial charge in [-0.15, -0.1) is 0 Å². The first-order valence-corrected chi connectivity index (χ1v) is 8.96. The Hall–Kier alpha value is -3.19. The Morgan fingerprint density at radius 3 is 2.70 bits per heavy atom. The molecule has 2 aromatic carbocycles. The number of aromatic hydroxyl groups is 1. The second-order valence-corrected chi connectivity index (χ2v) is 7.00. The second kappa shape index (κ2) is 6.51. The van der Waals surface area contributed by atoms with Crippen LogP contribution in [0.3, 0.4) is 0 Å². The average Bonchev–Trinajstić information content (AvgIpc) is 2.93. The largest absolute Gasteiger partial charge is 0.494 e. The third kappa shape index (κ3) is 2.96. The number of nitrogens with one attached hydrogen (secondary N) is 1. The molecule has 0 bridgehead atoms. The third-order valence-corrected chi connectivity index (χ3v) is 4.84. The van der Waals surface area contributed by atoms with Gasteiger partial charge in [0.15, 0.2) is 0 Å². The Balaban J connectivity index is 1.96. The van der Waals surface area contributed by atoms with Gasteiger partial charge < -0.3 is 5.11 Å². The van der Waals surface area contributed by atoms with Crippen molar-refractivity contribution in [3.05, 3.63) is 85.0 Å². The van der Waals surface area contributed by atoms with E-state index < -0.39 is 17.1 Å².